The summed E-state index contributed by atoms with van der Waals surface area (Å²) >= 11 is 0. The van der Waals surface area contributed by atoms with Gasteiger partial charge >= 0.3 is 0 Å². The van der Waals surface area contributed by atoms with E-state index in [1.807, 2.05) is 0 Å². The summed E-state index contributed by atoms with van der Waals surface area (Å²) in [7, 11) is 0. The van der Waals surface area contributed by atoms with Crippen LogP contribution >= 0.6 is 0 Å². The molecule has 0 radical (unpaired) electrons. The molecule has 0 rings (SSSR count). The van der Waals surface area contributed by atoms with Crippen molar-refractivity contribution in [1.82, 2.24) is 0 Å². The molecule has 0 bridgehead atoms. The van der Waals surface area contributed by atoms with Crippen LogP contribution in [0.25, 0.3) is 0 Å². The van der Waals surface area contributed by atoms with E-state index in [0.29, 0.717) is 0 Å². The first-order chi connectivity index (χ1) is 6.38. The van der Waals surface area contributed by atoms with Gasteiger partial charge in [-0.1, -0.05) is 60.3 Å². The summed E-state index contributed by atoms with van der Waals surface area (Å²) in [6, 6.07) is 0. The summed E-state index contributed by atoms with van der Waals surface area (Å²) in [4.78, 5) is 0. The van der Waals surface area contributed by atoms with Gasteiger partial charge in [-0.15, -0.1) is 0 Å². The molecule has 14 heavy (non-hydrogen) atoms. The minimum atomic E-state index is -0.142. The molecule has 0 aliphatic carbocycles. The summed E-state index contributed by atoms with van der Waals surface area (Å²) in [5.74, 6) is 0.826. The van der Waals surface area contributed by atoms with Gasteiger partial charge in [0.15, 0.2) is 0 Å². The Hall–Kier alpha value is -0.0400. The zero-order chi connectivity index (χ0) is 11.2. The monoisotopic (exact) mass is 200 g/mol. The number of rotatable bonds is 6. The topological polar surface area (TPSA) is 20.2 Å². The number of hydrogen-bond donors (Lipinski definition) is 1. The molecule has 1 heteroatoms. The lowest BCUT2D eigenvalue weighted by Crippen LogP contribution is -2.25. The Morgan fingerprint density at radius 3 is 2.07 bits per heavy atom. The van der Waals surface area contributed by atoms with E-state index in [2.05, 4.69) is 34.6 Å². The second-order valence-corrected chi connectivity index (χ2v) is 5.71. The van der Waals surface area contributed by atoms with Crippen LogP contribution in [0.5, 0.6) is 0 Å². The third-order valence-electron chi connectivity index (χ3n) is 2.96. The largest absolute Gasteiger partial charge is 0.393 e. The number of aliphatic hydroxyl groups excluding tert-OH is 1. The van der Waals surface area contributed by atoms with Gasteiger partial charge in [0.1, 0.15) is 0 Å². The van der Waals surface area contributed by atoms with Gasteiger partial charge in [-0.25, -0.2) is 0 Å². The molecule has 86 valence electrons. The fourth-order valence-electron chi connectivity index (χ4n) is 1.73. The van der Waals surface area contributed by atoms with Crippen LogP contribution in [0, 0.1) is 11.3 Å². The number of hydrogen-bond acceptors (Lipinski definition) is 1. The maximum Gasteiger partial charge on any atom is 0.0588 e. The standard InChI is InChI=1S/C13H28O/c1-6-8-11(2)9-7-10-12(14)13(3,4)5/h11-12,14H,6-10H2,1-5H3. The van der Waals surface area contributed by atoms with Crippen molar-refractivity contribution in [2.45, 2.75) is 72.8 Å². The van der Waals surface area contributed by atoms with Crippen molar-refractivity contribution in [2.24, 2.45) is 11.3 Å². The van der Waals surface area contributed by atoms with Gasteiger partial charge < -0.3 is 5.11 Å². The van der Waals surface area contributed by atoms with Gasteiger partial charge in [-0.2, -0.15) is 0 Å². The molecule has 0 spiro atoms. The predicted molar refractivity (Wildman–Crippen MR) is 63.4 cm³/mol. The SMILES string of the molecule is CCCC(C)CCCC(O)C(C)(C)C. The highest BCUT2D eigenvalue weighted by Gasteiger charge is 2.21. The summed E-state index contributed by atoms with van der Waals surface area (Å²) in [6.45, 7) is 10.9. The molecule has 0 heterocycles. The molecule has 0 aromatic rings. The molecule has 0 aliphatic rings. The molecule has 2 unspecified atom stereocenters. The third-order valence-corrected chi connectivity index (χ3v) is 2.96. The Labute approximate surface area is 89.9 Å². The molecule has 1 N–H and O–H groups in total. The van der Waals surface area contributed by atoms with Crippen molar-refractivity contribution in [1.29, 1.82) is 0 Å². The fraction of sp³-hybridized carbons (Fsp3) is 1.00. The average Bonchev–Trinajstić information content (AvgIpc) is 2.02. The van der Waals surface area contributed by atoms with Crippen molar-refractivity contribution >= 4 is 0 Å². The van der Waals surface area contributed by atoms with Gasteiger partial charge in [0.25, 0.3) is 0 Å². The molecule has 0 amide bonds. The van der Waals surface area contributed by atoms with E-state index in [4.69, 9.17) is 0 Å². The van der Waals surface area contributed by atoms with Crippen molar-refractivity contribution in [3.8, 4) is 0 Å². The summed E-state index contributed by atoms with van der Waals surface area (Å²) in [6.07, 6.45) is 5.85. The van der Waals surface area contributed by atoms with Crippen LogP contribution in [0.15, 0.2) is 0 Å². The molecule has 0 aromatic carbocycles. The Balaban J connectivity index is 3.54. The minimum absolute atomic E-state index is 0.0496. The van der Waals surface area contributed by atoms with E-state index in [0.717, 1.165) is 12.3 Å². The normalized spacial score (nSPS) is 16.7. The minimum Gasteiger partial charge on any atom is -0.393 e. The Morgan fingerprint density at radius 2 is 1.64 bits per heavy atom. The highest BCUT2D eigenvalue weighted by molar-refractivity contribution is 4.72. The van der Waals surface area contributed by atoms with E-state index in [9.17, 15) is 5.11 Å². The summed E-state index contributed by atoms with van der Waals surface area (Å²) in [5, 5.41) is 9.83. The first kappa shape index (κ1) is 14.0. The smallest absolute Gasteiger partial charge is 0.0588 e. The molecule has 2 atom stereocenters. The van der Waals surface area contributed by atoms with Crippen LogP contribution in [0.4, 0.5) is 0 Å². The van der Waals surface area contributed by atoms with Crippen molar-refractivity contribution < 1.29 is 5.11 Å². The number of aliphatic hydroxyl groups is 1. The Kier molecular flexibility index (Phi) is 6.43. The first-order valence-electron chi connectivity index (χ1n) is 6.06. The maximum absolute atomic E-state index is 9.83. The van der Waals surface area contributed by atoms with Crippen molar-refractivity contribution in [3.63, 3.8) is 0 Å². The summed E-state index contributed by atoms with van der Waals surface area (Å²) < 4.78 is 0. The molecule has 0 saturated heterocycles. The highest BCUT2D eigenvalue weighted by atomic mass is 16.3. The molecule has 1 nitrogen and oxygen atoms in total. The lowest BCUT2D eigenvalue weighted by Gasteiger charge is -2.26. The quantitative estimate of drug-likeness (QED) is 0.687. The molecule has 0 fully saturated rings. The first-order valence-corrected chi connectivity index (χ1v) is 6.06. The molecule has 0 aromatic heterocycles. The fourth-order valence-corrected chi connectivity index (χ4v) is 1.73. The Morgan fingerprint density at radius 1 is 1.07 bits per heavy atom. The summed E-state index contributed by atoms with van der Waals surface area (Å²) in [5.41, 5.74) is 0.0496. The highest BCUT2D eigenvalue weighted by Crippen LogP contribution is 2.24. The van der Waals surface area contributed by atoms with Gasteiger partial charge in [-0.3, -0.25) is 0 Å². The zero-order valence-corrected chi connectivity index (χ0v) is 10.6. The van der Waals surface area contributed by atoms with Crippen LogP contribution in [0.3, 0.4) is 0 Å². The lowest BCUT2D eigenvalue weighted by molar-refractivity contribution is 0.0525. The zero-order valence-electron chi connectivity index (χ0n) is 10.6. The van der Waals surface area contributed by atoms with E-state index >= 15 is 0 Å². The molecule has 0 saturated carbocycles. The van der Waals surface area contributed by atoms with Gasteiger partial charge in [0, 0.05) is 0 Å². The van der Waals surface area contributed by atoms with Crippen LogP contribution in [-0.2, 0) is 0 Å². The van der Waals surface area contributed by atoms with E-state index < -0.39 is 0 Å². The van der Waals surface area contributed by atoms with Gasteiger partial charge in [0.2, 0.25) is 0 Å². The van der Waals surface area contributed by atoms with Crippen LogP contribution in [0.1, 0.15) is 66.7 Å². The van der Waals surface area contributed by atoms with Crippen LogP contribution in [0.2, 0.25) is 0 Å². The second-order valence-electron chi connectivity index (χ2n) is 5.71. The van der Waals surface area contributed by atoms with E-state index in [1.54, 1.807) is 0 Å². The lowest BCUT2D eigenvalue weighted by atomic mass is 9.85. The van der Waals surface area contributed by atoms with Crippen LogP contribution < -0.4 is 0 Å². The van der Waals surface area contributed by atoms with Crippen LogP contribution in [-0.4, -0.2) is 11.2 Å². The second kappa shape index (κ2) is 6.44. The predicted octanol–water partition coefficient (Wildman–Crippen LogP) is 4.00. The maximum atomic E-state index is 9.83. The van der Waals surface area contributed by atoms with Gasteiger partial charge in [-0.05, 0) is 17.8 Å². The molecular weight excluding hydrogens is 172 g/mol. The van der Waals surface area contributed by atoms with Crippen molar-refractivity contribution in [2.75, 3.05) is 0 Å². The Bertz CT molecular complexity index is 135. The third kappa shape index (κ3) is 6.42. The van der Waals surface area contributed by atoms with Gasteiger partial charge in [0.05, 0.1) is 6.10 Å². The molecular formula is C13H28O. The molecule has 0 aliphatic heterocycles. The van der Waals surface area contributed by atoms with E-state index in [-0.39, 0.29) is 11.5 Å². The van der Waals surface area contributed by atoms with E-state index in [1.165, 1.54) is 25.7 Å². The average molecular weight is 200 g/mol. The van der Waals surface area contributed by atoms with Crippen molar-refractivity contribution in [3.05, 3.63) is 0 Å².